The highest BCUT2D eigenvalue weighted by Gasteiger charge is 2.00. The highest BCUT2D eigenvalue weighted by Crippen LogP contribution is 2.00. The number of aromatic nitrogens is 1. The lowest BCUT2D eigenvalue weighted by Gasteiger charge is -1.93. The molecule has 1 aromatic rings. The fourth-order valence-corrected chi connectivity index (χ4v) is 1.14. The Hall–Kier alpha value is -0.900. The van der Waals surface area contributed by atoms with Crippen LogP contribution in [0.5, 0.6) is 0 Å². The van der Waals surface area contributed by atoms with Gasteiger partial charge in [0.25, 0.3) is 0 Å². The summed E-state index contributed by atoms with van der Waals surface area (Å²) in [6.07, 6.45) is 0.389. The van der Waals surface area contributed by atoms with Crippen molar-refractivity contribution >= 4 is 17.2 Å². The Labute approximate surface area is 64.6 Å². The Morgan fingerprint density at radius 1 is 2.00 bits per heavy atom. The second-order valence-corrected chi connectivity index (χ2v) is 2.55. The van der Waals surface area contributed by atoms with E-state index in [1.807, 2.05) is 5.38 Å². The van der Waals surface area contributed by atoms with E-state index in [9.17, 15) is 4.79 Å². The van der Waals surface area contributed by atoms with Crippen LogP contribution in [0.2, 0.25) is 0 Å². The number of hydrogen-bond acceptors (Lipinski definition) is 3. The van der Waals surface area contributed by atoms with E-state index in [-0.39, 0.29) is 7.33 Å². The van der Waals surface area contributed by atoms with Crippen molar-refractivity contribution in [3.63, 3.8) is 0 Å². The molecule has 4 heteroatoms. The lowest BCUT2D eigenvalue weighted by atomic mass is 10.3. The molecular formula is C6H10N2OS. The van der Waals surface area contributed by atoms with Gasteiger partial charge >= 0.3 is 0 Å². The topological polar surface area (TPSA) is 42.0 Å². The molecule has 0 atom stereocenters. The van der Waals surface area contributed by atoms with Crippen LogP contribution in [0.3, 0.4) is 0 Å². The van der Waals surface area contributed by atoms with Crippen LogP contribution in [-0.2, 0) is 11.2 Å². The third-order valence-electron chi connectivity index (χ3n) is 1.10. The van der Waals surface area contributed by atoms with Crippen molar-refractivity contribution in [2.75, 3.05) is 7.05 Å². The Balaban J connectivity index is 0.000001000. The Kier molecular flexibility index (Phi) is 2.39. The molecule has 1 rings (SSSR count). The molecule has 1 aromatic heterocycles. The summed E-state index contributed by atoms with van der Waals surface area (Å²) in [4.78, 5) is 14.7. The fourth-order valence-electron chi connectivity index (χ4n) is 0.578. The lowest BCUT2D eigenvalue weighted by Crippen LogP contribution is -2.19. The average Bonchev–Trinajstić information content (AvgIpc) is 2.40. The number of nitrogens with zero attached hydrogens (tertiary/aromatic N) is 1. The standard InChI is InChI=1S/C6H8N2OS.H2/c1-7-6(9)2-5-3-10-4-8-5;/h3-4H,2H2,1H3,(H,7,9);1H. The van der Waals surface area contributed by atoms with Crippen molar-refractivity contribution < 1.29 is 6.22 Å². The van der Waals surface area contributed by atoms with Crippen molar-refractivity contribution in [3.8, 4) is 0 Å². The first-order valence-electron chi connectivity index (χ1n) is 2.90. The third-order valence-corrected chi connectivity index (χ3v) is 1.74. The smallest absolute Gasteiger partial charge is 0.225 e. The molecule has 10 heavy (non-hydrogen) atoms. The molecule has 0 aliphatic heterocycles. The summed E-state index contributed by atoms with van der Waals surface area (Å²) in [6, 6.07) is 0. The van der Waals surface area contributed by atoms with Gasteiger partial charge < -0.3 is 5.32 Å². The van der Waals surface area contributed by atoms with E-state index in [1.165, 1.54) is 11.3 Å². The number of hydrogen-bond donors (Lipinski definition) is 1. The van der Waals surface area contributed by atoms with Gasteiger partial charge in [0.05, 0.1) is 17.6 Å². The van der Waals surface area contributed by atoms with E-state index < -0.39 is 0 Å². The summed E-state index contributed by atoms with van der Waals surface area (Å²) in [5.74, 6) is 0.00546. The summed E-state index contributed by atoms with van der Waals surface area (Å²) >= 11 is 1.50. The van der Waals surface area contributed by atoms with Crippen molar-refractivity contribution in [3.05, 3.63) is 16.6 Å². The molecule has 0 radical (unpaired) electrons. The minimum atomic E-state index is 0. The molecule has 0 saturated carbocycles. The minimum absolute atomic E-state index is 0. The van der Waals surface area contributed by atoms with E-state index in [0.29, 0.717) is 6.42 Å². The predicted octanol–water partition coefficient (Wildman–Crippen LogP) is 0.678. The van der Waals surface area contributed by atoms with E-state index in [4.69, 9.17) is 0 Å². The minimum Gasteiger partial charge on any atom is -0.359 e. The first-order valence-corrected chi connectivity index (χ1v) is 3.85. The molecule has 1 amide bonds. The molecule has 56 valence electrons. The van der Waals surface area contributed by atoms with Gasteiger partial charge in [0, 0.05) is 13.9 Å². The predicted molar refractivity (Wildman–Crippen MR) is 42.0 cm³/mol. The van der Waals surface area contributed by atoms with Gasteiger partial charge in [0.1, 0.15) is 0 Å². The number of likely N-dealkylation sites (N-methyl/N-ethyl adjacent to an activating group) is 1. The average molecular weight is 158 g/mol. The summed E-state index contributed by atoms with van der Waals surface area (Å²) in [6.45, 7) is 0. The van der Waals surface area contributed by atoms with Gasteiger partial charge in [0.2, 0.25) is 5.91 Å². The fraction of sp³-hybridized carbons (Fsp3) is 0.333. The normalized spacial score (nSPS) is 9.30. The molecule has 0 spiro atoms. The zero-order valence-corrected chi connectivity index (χ0v) is 6.44. The van der Waals surface area contributed by atoms with Crippen molar-refractivity contribution in [2.24, 2.45) is 0 Å². The second-order valence-electron chi connectivity index (χ2n) is 1.83. The number of carbonyl (C=O) groups excluding carboxylic acids is 1. The summed E-state index contributed by atoms with van der Waals surface area (Å²) in [5, 5.41) is 4.40. The molecule has 0 saturated heterocycles. The number of nitrogens with one attached hydrogen (secondary N) is 1. The lowest BCUT2D eigenvalue weighted by molar-refractivity contribution is -0.120. The molecule has 0 fully saturated rings. The molecule has 3 nitrogen and oxygen atoms in total. The zero-order valence-electron chi connectivity index (χ0n) is 5.63. The number of rotatable bonds is 2. The summed E-state index contributed by atoms with van der Waals surface area (Å²) in [7, 11) is 1.62. The maximum absolute atomic E-state index is 10.7. The van der Waals surface area contributed by atoms with Crippen LogP contribution >= 0.6 is 11.3 Å². The van der Waals surface area contributed by atoms with Gasteiger partial charge in [-0.2, -0.15) is 0 Å². The van der Waals surface area contributed by atoms with Crippen LogP contribution in [0.15, 0.2) is 10.9 Å². The first kappa shape index (κ1) is 7.21. The number of carbonyl (C=O) groups is 1. The molecule has 0 aliphatic rings. The van der Waals surface area contributed by atoms with Gasteiger partial charge in [-0.1, -0.05) is 0 Å². The third kappa shape index (κ3) is 1.80. The van der Waals surface area contributed by atoms with E-state index >= 15 is 0 Å². The van der Waals surface area contributed by atoms with Crippen molar-refractivity contribution in [2.45, 2.75) is 6.42 Å². The maximum Gasteiger partial charge on any atom is 0.225 e. The van der Waals surface area contributed by atoms with Crippen LogP contribution in [0.4, 0.5) is 0 Å². The van der Waals surface area contributed by atoms with Crippen molar-refractivity contribution in [1.82, 2.24) is 10.3 Å². The van der Waals surface area contributed by atoms with Gasteiger partial charge in [-0.25, -0.2) is 4.98 Å². The second kappa shape index (κ2) is 3.31. The van der Waals surface area contributed by atoms with Crippen LogP contribution in [0, 0.1) is 0 Å². The van der Waals surface area contributed by atoms with Gasteiger partial charge in [-0.05, 0) is 0 Å². The Morgan fingerprint density at radius 2 is 2.80 bits per heavy atom. The quantitative estimate of drug-likeness (QED) is 0.687. The molecule has 0 aliphatic carbocycles. The Bertz CT molecular complexity index is 212. The zero-order chi connectivity index (χ0) is 7.40. The van der Waals surface area contributed by atoms with E-state index in [1.54, 1.807) is 12.6 Å². The largest absolute Gasteiger partial charge is 0.359 e. The maximum atomic E-state index is 10.7. The molecule has 1 heterocycles. The number of amides is 1. The monoisotopic (exact) mass is 158 g/mol. The molecular weight excluding hydrogens is 148 g/mol. The Morgan fingerprint density at radius 3 is 3.30 bits per heavy atom. The first-order chi connectivity index (χ1) is 4.83. The van der Waals surface area contributed by atoms with Crippen LogP contribution in [0.1, 0.15) is 7.12 Å². The molecule has 1 N–H and O–H groups in total. The number of thiazole rings is 1. The molecule has 0 unspecified atom stereocenters. The van der Waals surface area contributed by atoms with E-state index in [0.717, 1.165) is 5.69 Å². The van der Waals surface area contributed by atoms with Crippen LogP contribution in [-0.4, -0.2) is 17.9 Å². The summed E-state index contributed by atoms with van der Waals surface area (Å²) in [5.41, 5.74) is 2.56. The highest BCUT2D eigenvalue weighted by atomic mass is 32.1. The van der Waals surface area contributed by atoms with E-state index in [2.05, 4.69) is 10.3 Å². The molecule has 0 aromatic carbocycles. The van der Waals surface area contributed by atoms with Gasteiger partial charge in [-0.15, -0.1) is 11.3 Å². The SMILES string of the molecule is CNC(=O)Cc1cscn1.[HH]. The highest BCUT2D eigenvalue weighted by molar-refractivity contribution is 7.07. The van der Waals surface area contributed by atoms with Gasteiger partial charge in [-0.3, -0.25) is 4.79 Å². The molecule has 0 bridgehead atoms. The van der Waals surface area contributed by atoms with Crippen LogP contribution < -0.4 is 5.32 Å². The van der Waals surface area contributed by atoms with Crippen molar-refractivity contribution in [1.29, 1.82) is 0 Å². The van der Waals surface area contributed by atoms with Crippen LogP contribution in [0.25, 0.3) is 0 Å². The summed E-state index contributed by atoms with van der Waals surface area (Å²) < 4.78 is 0. The van der Waals surface area contributed by atoms with Gasteiger partial charge in [0.15, 0.2) is 0 Å².